The summed E-state index contributed by atoms with van der Waals surface area (Å²) < 4.78 is 7.13. The Morgan fingerprint density at radius 2 is 1.52 bits per heavy atom. The molecule has 1 aromatic heterocycles. The van der Waals surface area contributed by atoms with E-state index in [1.54, 1.807) is 43.3 Å². The number of nitrogens with one attached hydrogen (secondary N) is 2. The lowest BCUT2D eigenvalue weighted by molar-refractivity contribution is -0.124. The van der Waals surface area contributed by atoms with Crippen LogP contribution in [0, 0.1) is 6.92 Å². The third-order valence-corrected chi connectivity index (χ3v) is 5.09. The first-order valence-corrected chi connectivity index (χ1v) is 10.5. The zero-order valence-electron chi connectivity index (χ0n) is 18.1. The minimum Gasteiger partial charge on any atom is -0.457 e. The molecule has 0 radical (unpaired) electrons. The second kappa shape index (κ2) is 9.82. The largest absolute Gasteiger partial charge is 0.457 e. The summed E-state index contributed by atoms with van der Waals surface area (Å²) in [6, 6.07) is 25.4. The van der Waals surface area contributed by atoms with E-state index >= 15 is 0 Å². The average Bonchev–Trinajstić information content (AvgIpc) is 2.82. The molecular formula is C26H23N3O4. The van der Waals surface area contributed by atoms with E-state index < -0.39 is 5.91 Å². The van der Waals surface area contributed by atoms with Crippen molar-refractivity contribution in [1.82, 2.24) is 9.88 Å². The van der Waals surface area contributed by atoms with Gasteiger partial charge >= 0.3 is 0 Å². The predicted molar refractivity (Wildman–Crippen MR) is 128 cm³/mol. The molecule has 0 fully saturated rings. The van der Waals surface area contributed by atoms with E-state index in [1.165, 1.54) is 4.57 Å². The third-order valence-electron chi connectivity index (χ3n) is 5.09. The van der Waals surface area contributed by atoms with Gasteiger partial charge in [-0.25, -0.2) is 0 Å². The zero-order chi connectivity index (χ0) is 23.2. The van der Waals surface area contributed by atoms with Gasteiger partial charge in [-0.2, -0.15) is 0 Å². The van der Waals surface area contributed by atoms with Gasteiger partial charge in [0.15, 0.2) is 0 Å². The van der Waals surface area contributed by atoms with Crippen molar-refractivity contribution in [2.45, 2.75) is 13.5 Å². The summed E-state index contributed by atoms with van der Waals surface area (Å²) in [5, 5.41) is 6.66. The number of para-hydroxylation sites is 1. The van der Waals surface area contributed by atoms with E-state index in [0.717, 1.165) is 11.1 Å². The van der Waals surface area contributed by atoms with E-state index in [0.29, 0.717) is 22.5 Å². The summed E-state index contributed by atoms with van der Waals surface area (Å²) in [5.41, 5.74) is 1.02. The zero-order valence-corrected chi connectivity index (χ0v) is 18.1. The molecule has 2 amide bonds. The van der Waals surface area contributed by atoms with Gasteiger partial charge in [0.25, 0.3) is 5.56 Å². The maximum absolute atomic E-state index is 12.7. The summed E-state index contributed by atoms with van der Waals surface area (Å²) in [7, 11) is 0. The molecular weight excluding hydrogens is 418 g/mol. The smallest absolute Gasteiger partial charge is 0.259 e. The summed E-state index contributed by atoms with van der Waals surface area (Å²) in [6.45, 7) is 1.41. The maximum atomic E-state index is 12.7. The molecule has 0 saturated heterocycles. The third kappa shape index (κ3) is 5.46. The number of anilines is 1. The molecule has 7 nitrogen and oxygen atoms in total. The Morgan fingerprint density at radius 3 is 2.27 bits per heavy atom. The fourth-order valence-electron chi connectivity index (χ4n) is 3.44. The van der Waals surface area contributed by atoms with Crippen LogP contribution in [0.5, 0.6) is 11.5 Å². The van der Waals surface area contributed by atoms with Crippen molar-refractivity contribution >= 4 is 28.3 Å². The van der Waals surface area contributed by atoms with Crippen LogP contribution in [-0.4, -0.2) is 22.9 Å². The Morgan fingerprint density at radius 1 is 0.848 bits per heavy atom. The number of aromatic nitrogens is 1. The molecule has 166 valence electrons. The number of benzene rings is 3. The van der Waals surface area contributed by atoms with Gasteiger partial charge in [-0.1, -0.05) is 36.4 Å². The second-order valence-corrected chi connectivity index (χ2v) is 7.53. The number of aryl methyl sites for hydroxylation is 1. The topological polar surface area (TPSA) is 89.4 Å². The fourth-order valence-corrected chi connectivity index (χ4v) is 3.44. The van der Waals surface area contributed by atoms with Crippen LogP contribution in [-0.2, 0) is 16.1 Å². The molecule has 4 rings (SSSR count). The standard InChI is InChI=1S/C26H23N3O4/c1-18-15-19-7-5-6-10-23(19)26(32)29(18)17-25(31)27-16-24(30)28-20-11-13-22(14-12-20)33-21-8-3-2-4-9-21/h2-15H,16-17H2,1H3,(H,27,31)(H,28,30). The Labute approximate surface area is 190 Å². The van der Waals surface area contributed by atoms with Crippen LogP contribution >= 0.6 is 0 Å². The number of amides is 2. The molecule has 0 aliphatic carbocycles. The number of nitrogens with zero attached hydrogens (tertiary/aromatic N) is 1. The molecule has 33 heavy (non-hydrogen) atoms. The molecule has 0 atom stereocenters. The van der Waals surface area contributed by atoms with Crippen LogP contribution in [0.4, 0.5) is 5.69 Å². The highest BCUT2D eigenvalue weighted by Crippen LogP contribution is 2.22. The number of carbonyl (C=O) groups excluding carboxylic acids is 2. The minimum absolute atomic E-state index is 0.158. The first kappa shape index (κ1) is 21.8. The normalized spacial score (nSPS) is 10.6. The Hall–Kier alpha value is -4.39. The van der Waals surface area contributed by atoms with Gasteiger partial charge in [-0.05, 0) is 60.8 Å². The first-order chi connectivity index (χ1) is 16.0. The van der Waals surface area contributed by atoms with Gasteiger partial charge in [-0.3, -0.25) is 14.4 Å². The summed E-state index contributed by atoms with van der Waals surface area (Å²) in [5.74, 6) is 0.571. The molecule has 0 aliphatic rings. The lowest BCUT2D eigenvalue weighted by Crippen LogP contribution is -2.37. The van der Waals surface area contributed by atoms with E-state index in [1.807, 2.05) is 48.5 Å². The van der Waals surface area contributed by atoms with E-state index in [9.17, 15) is 14.4 Å². The fraction of sp³-hybridized carbons (Fsp3) is 0.115. The van der Waals surface area contributed by atoms with Gasteiger partial charge in [0.05, 0.1) is 6.54 Å². The van der Waals surface area contributed by atoms with E-state index in [4.69, 9.17) is 4.74 Å². The molecule has 3 aromatic carbocycles. The lowest BCUT2D eigenvalue weighted by Gasteiger charge is -2.12. The van der Waals surface area contributed by atoms with Crippen LogP contribution in [0.2, 0.25) is 0 Å². The average molecular weight is 441 g/mol. The quantitative estimate of drug-likeness (QED) is 0.456. The van der Waals surface area contributed by atoms with Crippen LogP contribution in [0.15, 0.2) is 89.7 Å². The van der Waals surface area contributed by atoms with Crippen LogP contribution in [0.3, 0.4) is 0 Å². The van der Waals surface area contributed by atoms with Crippen molar-refractivity contribution in [3.8, 4) is 11.5 Å². The summed E-state index contributed by atoms with van der Waals surface area (Å²) in [6.07, 6.45) is 0. The number of hydrogen-bond acceptors (Lipinski definition) is 4. The monoisotopic (exact) mass is 441 g/mol. The number of pyridine rings is 1. The van der Waals surface area contributed by atoms with Gasteiger partial charge in [0, 0.05) is 16.8 Å². The highest BCUT2D eigenvalue weighted by atomic mass is 16.5. The van der Waals surface area contributed by atoms with Gasteiger partial charge in [-0.15, -0.1) is 0 Å². The summed E-state index contributed by atoms with van der Waals surface area (Å²) in [4.78, 5) is 37.3. The predicted octanol–water partition coefficient (Wildman–Crippen LogP) is 3.86. The van der Waals surface area contributed by atoms with Crippen molar-refractivity contribution < 1.29 is 14.3 Å². The van der Waals surface area contributed by atoms with Crippen molar-refractivity contribution in [1.29, 1.82) is 0 Å². The Balaban J connectivity index is 1.30. The van der Waals surface area contributed by atoms with Gasteiger partial charge in [0.2, 0.25) is 11.8 Å². The summed E-state index contributed by atoms with van der Waals surface area (Å²) >= 11 is 0. The van der Waals surface area contributed by atoms with Crippen molar-refractivity contribution in [2.24, 2.45) is 0 Å². The van der Waals surface area contributed by atoms with E-state index in [2.05, 4.69) is 10.6 Å². The number of rotatable bonds is 7. The number of fused-ring (bicyclic) bond motifs is 1. The number of carbonyl (C=O) groups is 2. The van der Waals surface area contributed by atoms with E-state index in [-0.39, 0.29) is 24.6 Å². The number of ether oxygens (including phenoxy) is 1. The van der Waals surface area contributed by atoms with Gasteiger partial charge in [0.1, 0.15) is 18.0 Å². The maximum Gasteiger partial charge on any atom is 0.259 e. The minimum atomic E-state index is -0.419. The second-order valence-electron chi connectivity index (χ2n) is 7.53. The molecule has 4 aromatic rings. The molecule has 7 heteroatoms. The van der Waals surface area contributed by atoms with Crippen molar-refractivity contribution in [3.63, 3.8) is 0 Å². The SMILES string of the molecule is Cc1cc2ccccc2c(=O)n1CC(=O)NCC(=O)Nc1ccc(Oc2ccccc2)cc1. The molecule has 1 heterocycles. The highest BCUT2D eigenvalue weighted by Gasteiger charge is 2.11. The first-order valence-electron chi connectivity index (χ1n) is 10.5. The molecule has 0 saturated carbocycles. The lowest BCUT2D eigenvalue weighted by atomic mass is 10.1. The van der Waals surface area contributed by atoms with Crippen molar-refractivity contribution in [2.75, 3.05) is 11.9 Å². The molecule has 0 bridgehead atoms. The molecule has 0 spiro atoms. The molecule has 0 aliphatic heterocycles. The van der Waals surface area contributed by atoms with Gasteiger partial charge < -0.3 is 19.9 Å². The molecule has 2 N–H and O–H groups in total. The van der Waals surface area contributed by atoms with Crippen molar-refractivity contribution in [3.05, 3.63) is 101 Å². The van der Waals surface area contributed by atoms with Crippen LogP contribution in [0.1, 0.15) is 5.69 Å². The number of hydrogen-bond donors (Lipinski definition) is 2. The Bertz CT molecular complexity index is 1350. The molecule has 0 unspecified atom stereocenters. The Kier molecular flexibility index (Phi) is 6.50. The van der Waals surface area contributed by atoms with Crippen LogP contribution < -0.4 is 20.9 Å². The highest BCUT2D eigenvalue weighted by molar-refractivity contribution is 5.94. The van der Waals surface area contributed by atoms with Crippen LogP contribution in [0.25, 0.3) is 10.8 Å².